The number of carbonyl (C=O) groups is 1. The number of hydrogen-bond donors (Lipinski definition) is 3. The average Bonchev–Trinajstić information content (AvgIpc) is 3.26. The fourth-order valence-corrected chi connectivity index (χ4v) is 4.89. The Labute approximate surface area is 200 Å². The lowest BCUT2D eigenvalue weighted by Gasteiger charge is -2.45. The zero-order valence-corrected chi connectivity index (χ0v) is 19.0. The van der Waals surface area contributed by atoms with Crippen LogP contribution in [0.15, 0.2) is 90.8 Å². The van der Waals surface area contributed by atoms with Crippen molar-refractivity contribution in [1.82, 2.24) is 20.5 Å². The Kier molecular flexibility index (Phi) is 6.49. The van der Waals surface area contributed by atoms with Gasteiger partial charge in [-0.1, -0.05) is 66.7 Å². The second kappa shape index (κ2) is 10.0. The van der Waals surface area contributed by atoms with Crippen LogP contribution in [0.1, 0.15) is 40.9 Å². The van der Waals surface area contributed by atoms with Gasteiger partial charge >= 0.3 is 0 Å². The lowest BCUT2D eigenvalue weighted by atomic mass is 9.93. The summed E-state index contributed by atoms with van der Waals surface area (Å²) in [6.07, 6.45) is 6.31. The summed E-state index contributed by atoms with van der Waals surface area (Å²) in [6.45, 7) is 1.72. The van der Waals surface area contributed by atoms with E-state index in [1.807, 2.05) is 18.2 Å². The second-order valence-electron chi connectivity index (χ2n) is 8.90. The van der Waals surface area contributed by atoms with Gasteiger partial charge in [0.2, 0.25) is 0 Å². The van der Waals surface area contributed by atoms with Crippen LogP contribution in [0.25, 0.3) is 0 Å². The second-order valence-corrected chi connectivity index (χ2v) is 8.90. The third-order valence-electron chi connectivity index (χ3n) is 6.66. The van der Waals surface area contributed by atoms with Crippen molar-refractivity contribution < 1.29 is 4.79 Å². The number of rotatable bonds is 8. The van der Waals surface area contributed by atoms with Crippen molar-refractivity contribution >= 4 is 12.1 Å². The summed E-state index contributed by atoms with van der Waals surface area (Å²) in [7, 11) is 0. The van der Waals surface area contributed by atoms with Gasteiger partial charge in [0.15, 0.2) is 0 Å². The number of amides is 1. The van der Waals surface area contributed by atoms with E-state index in [0.717, 1.165) is 37.8 Å². The van der Waals surface area contributed by atoms with E-state index in [9.17, 15) is 4.79 Å². The maximum Gasteiger partial charge on any atom is 0.254 e. The minimum Gasteiger partial charge on any atom is -0.385 e. The number of benzene rings is 2. The van der Waals surface area contributed by atoms with E-state index in [2.05, 4.69) is 75.1 Å². The molecule has 0 spiro atoms. The number of likely N-dealkylation sites (tertiary alicyclic amines) is 1. The van der Waals surface area contributed by atoms with E-state index in [1.54, 1.807) is 12.4 Å². The predicted molar refractivity (Wildman–Crippen MR) is 134 cm³/mol. The summed E-state index contributed by atoms with van der Waals surface area (Å²) in [6, 6.07) is 25.4. The van der Waals surface area contributed by atoms with Crippen LogP contribution >= 0.6 is 0 Å². The first-order chi connectivity index (χ1) is 16.7. The lowest BCUT2D eigenvalue weighted by Crippen LogP contribution is -2.57. The zero-order valence-electron chi connectivity index (χ0n) is 19.0. The normalized spacial score (nSPS) is 18.3. The van der Waals surface area contributed by atoms with Crippen LogP contribution in [-0.4, -0.2) is 41.1 Å². The molecular formula is C28H29N5O. The number of nitrogens with one attached hydrogen (secondary N) is 3. The first kappa shape index (κ1) is 22.0. The van der Waals surface area contributed by atoms with E-state index in [1.165, 1.54) is 16.7 Å². The minimum absolute atomic E-state index is 0.0938. The first-order valence-electron chi connectivity index (χ1n) is 11.8. The highest BCUT2D eigenvalue weighted by Gasteiger charge is 2.33. The molecule has 0 saturated carbocycles. The molecule has 172 valence electrons. The predicted octanol–water partition coefficient (Wildman–Crippen LogP) is 3.78. The highest BCUT2D eigenvalue weighted by molar-refractivity contribution is 6.11. The molecule has 3 aromatic rings. The summed E-state index contributed by atoms with van der Waals surface area (Å²) in [5.74, 6) is -0.242. The Morgan fingerprint density at radius 2 is 1.68 bits per heavy atom. The molecule has 0 radical (unpaired) electrons. The Bertz CT molecular complexity index is 1130. The SMILES string of the molecule is N=C/C(=C\NC1CN(C(c2ccccc2)c2ccccc2)C1)C(=O)NC1CCc2cccnc21. The van der Waals surface area contributed by atoms with Gasteiger partial charge in [0.05, 0.1) is 29.4 Å². The Morgan fingerprint density at radius 1 is 1.00 bits per heavy atom. The molecular weight excluding hydrogens is 422 g/mol. The zero-order chi connectivity index (χ0) is 23.3. The molecule has 1 amide bonds. The summed E-state index contributed by atoms with van der Waals surface area (Å²) < 4.78 is 0. The topological polar surface area (TPSA) is 81.1 Å². The van der Waals surface area contributed by atoms with Crippen LogP contribution < -0.4 is 10.6 Å². The molecule has 1 aromatic heterocycles. The first-order valence-corrected chi connectivity index (χ1v) is 11.8. The van der Waals surface area contributed by atoms with Crippen molar-refractivity contribution in [3.05, 3.63) is 113 Å². The van der Waals surface area contributed by atoms with E-state index in [4.69, 9.17) is 5.41 Å². The third kappa shape index (κ3) is 4.63. The molecule has 1 fully saturated rings. The Balaban J connectivity index is 1.20. The number of fused-ring (bicyclic) bond motifs is 1. The molecule has 1 atom stereocenters. The summed E-state index contributed by atoms with van der Waals surface area (Å²) in [4.78, 5) is 19.7. The molecule has 1 aliphatic carbocycles. The monoisotopic (exact) mass is 451 g/mol. The molecule has 5 rings (SSSR count). The fraction of sp³-hybridized carbons (Fsp3) is 0.250. The molecule has 1 saturated heterocycles. The van der Waals surface area contributed by atoms with E-state index >= 15 is 0 Å². The molecule has 34 heavy (non-hydrogen) atoms. The Hall–Kier alpha value is -3.77. The van der Waals surface area contributed by atoms with Crippen molar-refractivity contribution in [1.29, 1.82) is 5.41 Å². The van der Waals surface area contributed by atoms with E-state index < -0.39 is 0 Å². The molecule has 6 heteroatoms. The van der Waals surface area contributed by atoms with Gasteiger partial charge in [0.25, 0.3) is 5.91 Å². The Morgan fingerprint density at radius 3 is 2.32 bits per heavy atom. The molecule has 2 aliphatic rings. The molecule has 0 bridgehead atoms. The van der Waals surface area contributed by atoms with Crippen LogP contribution in [-0.2, 0) is 11.2 Å². The molecule has 2 heterocycles. The van der Waals surface area contributed by atoms with Crippen molar-refractivity contribution in [2.24, 2.45) is 0 Å². The van der Waals surface area contributed by atoms with Crippen LogP contribution in [0.3, 0.4) is 0 Å². The largest absolute Gasteiger partial charge is 0.385 e. The van der Waals surface area contributed by atoms with E-state index in [-0.39, 0.29) is 24.0 Å². The molecule has 3 N–H and O–H groups in total. The van der Waals surface area contributed by atoms with Gasteiger partial charge in [-0.15, -0.1) is 0 Å². The molecule has 6 nitrogen and oxygen atoms in total. The standard InChI is InChI=1S/C28H29N5O/c29-16-23(28(34)32-25-14-13-20-12-7-15-30-26(20)25)17-31-24-18-33(19-24)27(21-8-3-1-4-9-21)22-10-5-2-6-11-22/h1-12,15-17,24-25,27,29,31H,13-14,18-19H2,(H,32,34)/b23-17+,29-16?. The van der Waals surface area contributed by atoms with Gasteiger partial charge in [0, 0.05) is 31.7 Å². The van der Waals surface area contributed by atoms with Crippen molar-refractivity contribution in [3.8, 4) is 0 Å². The molecule has 1 unspecified atom stereocenters. The van der Waals surface area contributed by atoms with Crippen molar-refractivity contribution in [2.75, 3.05) is 13.1 Å². The quantitative estimate of drug-likeness (QED) is 0.360. The van der Waals surface area contributed by atoms with Gasteiger partial charge in [-0.25, -0.2) is 0 Å². The van der Waals surface area contributed by atoms with Crippen LogP contribution in [0.5, 0.6) is 0 Å². The van der Waals surface area contributed by atoms with Crippen molar-refractivity contribution in [2.45, 2.75) is 31.0 Å². The number of nitrogens with zero attached hydrogens (tertiary/aromatic N) is 2. The van der Waals surface area contributed by atoms with Crippen LogP contribution in [0.2, 0.25) is 0 Å². The number of aromatic nitrogens is 1. The number of hydrogen-bond acceptors (Lipinski definition) is 5. The molecule has 2 aromatic carbocycles. The summed E-state index contributed by atoms with van der Waals surface area (Å²) >= 11 is 0. The number of aryl methyl sites for hydroxylation is 1. The maximum absolute atomic E-state index is 12.8. The third-order valence-corrected chi connectivity index (χ3v) is 6.66. The highest BCUT2D eigenvalue weighted by Crippen LogP contribution is 2.32. The smallest absolute Gasteiger partial charge is 0.254 e. The maximum atomic E-state index is 12.8. The average molecular weight is 452 g/mol. The van der Waals surface area contributed by atoms with Gasteiger partial charge in [-0.3, -0.25) is 14.7 Å². The number of pyridine rings is 1. The van der Waals surface area contributed by atoms with Gasteiger partial charge in [-0.2, -0.15) is 0 Å². The van der Waals surface area contributed by atoms with Gasteiger partial charge in [-0.05, 0) is 35.6 Å². The fourth-order valence-electron chi connectivity index (χ4n) is 4.89. The van der Waals surface area contributed by atoms with Gasteiger partial charge in [0.1, 0.15) is 0 Å². The highest BCUT2D eigenvalue weighted by atomic mass is 16.1. The van der Waals surface area contributed by atoms with Crippen LogP contribution in [0.4, 0.5) is 0 Å². The van der Waals surface area contributed by atoms with Gasteiger partial charge < -0.3 is 16.0 Å². The number of carbonyl (C=O) groups excluding carboxylic acids is 1. The van der Waals surface area contributed by atoms with Crippen molar-refractivity contribution in [3.63, 3.8) is 0 Å². The summed E-state index contributed by atoms with van der Waals surface area (Å²) in [5, 5.41) is 14.1. The molecule has 1 aliphatic heterocycles. The minimum atomic E-state index is -0.242. The lowest BCUT2D eigenvalue weighted by molar-refractivity contribution is -0.117. The summed E-state index contributed by atoms with van der Waals surface area (Å²) in [5.41, 5.74) is 4.99. The van der Waals surface area contributed by atoms with E-state index in [0.29, 0.717) is 5.57 Å². The van der Waals surface area contributed by atoms with Crippen LogP contribution in [0, 0.1) is 5.41 Å².